The lowest BCUT2D eigenvalue weighted by Crippen LogP contribution is -2.15. The van der Waals surface area contributed by atoms with Gasteiger partial charge in [-0.3, -0.25) is 4.99 Å². The summed E-state index contributed by atoms with van der Waals surface area (Å²) in [4.78, 5) is 4.16. The molecule has 1 aromatic heterocycles. The molecule has 1 unspecified atom stereocenters. The minimum Gasteiger partial charge on any atom is -0.394 e. The van der Waals surface area contributed by atoms with Gasteiger partial charge in [-0.1, -0.05) is 60.1 Å². The Morgan fingerprint density at radius 2 is 1.93 bits per heavy atom. The second-order valence-corrected chi connectivity index (χ2v) is 7.96. The van der Waals surface area contributed by atoms with Crippen molar-refractivity contribution in [1.29, 1.82) is 0 Å². The van der Waals surface area contributed by atoms with E-state index in [1.807, 2.05) is 66.7 Å². The summed E-state index contributed by atoms with van der Waals surface area (Å²) in [5.41, 5.74) is 3.73. The van der Waals surface area contributed by atoms with Crippen molar-refractivity contribution in [3.8, 4) is 11.1 Å². The van der Waals surface area contributed by atoms with Gasteiger partial charge in [-0.05, 0) is 40.9 Å². The van der Waals surface area contributed by atoms with E-state index in [4.69, 9.17) is 16.7 Å². The summed E-state index contributed by atoms with van der Waals surface area (Å²) in [5.74, 6) is 0.751. The number of aromatic nitrogens is 1. The maximum atomic E-state index is 9.38. The predicted octanol–water partition coefficient (Wildman–Crippen LogP) is 5.13. The minimum atomic E-state index is -0.833. The standard InChI is InChI=1S/C23H20ClN3O2S/c24-22-18(16-5-2-1-3-6-16)7-4-8-20(22)26-23-19-10-9-15(11-21(19)30-27-23)12-25-13-17(29)14-28/h1-12,17,28-29H,13-14H2,(H,26,27). The monoisotopic (exact) mass is 437 g/mol. The average molecular weight is 438 g/mol. The third-order valence-electron chi connectivity index (χ3n) is 4.60. The van der Waals surface area contributed by atoms with Crippen molar-refractivity contribution in [2.45, 2.75) is 6.10 Å². The van der Waals surface area contributed by atoms with Crippen LogP contribution >= 0.6 is 23.1 Å². The first-order chi connectivity index (χ1) is 14.7. The normalized spacial score (nSPS) is 12.5. The zero-order chi connectivity index (χ0) is 20.9. The van der Waals surface area contributed by atoms with Crippen LogP contribution in [-0.2, 0) is 0 Å². The van der Waals surface area contributed by atoms with Crippen molar-refractivity contribution >= 4 is 50.9 Å². The van der Waals surface area contributed by atoms with E-state index < -0.39 is 6.10 Å². The first-order valence-corrected chi connectivity index (χ1v) is 10.6. The largest absolute Gasteiger partial charge is 0.394 e. The summed E-state index contributed by atoms with van der Waals surface area (Å²) in [7, 11) is 0. The fourth-order valence-corrected chi connectivity index (χ4v) is 4.13. The number of fused-ring (bicyclic) bond motifs is 1. The van der Waals surface area contributed by atoms with Gasteiger partial charge in [0.1, 0.15) is 0 Å². The minimum absolute atomic E-state index is 0.167. The van der Waals surface area contributed by atoms with Crippen LogP contribution in [0.1, 0.15) is 5.56 Å². The van der Waals surface area contributed by atoms with Gasteiger partial charge < -0.3 is 15.5 Å². The van der Waals surface area contributed by atoms with Gasteiger partial charge in [-0.25, -0.2) is 0 Å². The number of aliphatic hydroxyl groups excluding tert-OH is 2. The SMILES string of the molecule is OCC(O)CN=Cc1ccc2c(Nc3cccc(-c4ccccc4)c3Cl)nsc2c1. The molecule has 0 aliphatic heterocycles. The molecular formula is C23H20ClN3O2S. The highest BCUT2D eigenvalue weighted by Crippen LogP contribution is 2.37. The highest BCUT2D eigenvalue weighted by molar-refractivity contribution is 7.13. The van der Waals surface area contributed by atoms with Crippen LogP contribution in [-0.4, -0.2) is 40.1 Å². The van der Waals surface area contributed by atoms with Gasteiger partial charge in [0.25, 0.3) is 0 Å². The molecule has 30 heavy (non-hydrogen) atoms. The van der Waals surface area contributed by atoms with Gasteiger partial charge in [0.05, 0.1) is 34.7 Å². The lowest BCUT2D eigenvalue weighted by molar-refractivity contribution is 0.102. The summed E-state index contributed by atoms with van der Waals surface area (Å²) in [6, 6.07) is 21.9. The topological polar surface area (TPSA) is 77.7 Å². The molecule has 0 saturated carbocycles. The number of hydrogen-bond acceptors (Lipinski definition) is 6. The van der Waals surface area contributed by atoms with E-state index in [9.17, 15) is 5.11 Å². The molecule has 4 aromatic rings. The van der Waals surface area contributed by atoms with Crippen LogP contribution in [0.2, 0.25) is 5.02 Å². The first-order valence-electron chi connectivity index (χ1n) is 9.45. The van der Waals surface area contributed by atoms with E-state index in [2.05, 4.69) is 14.7 Å². The molecule has 3 N–H and O–H groups in total. The van der Waals surface area contributed by atoms with Crippen LogP contribution in [0.5, 0.6) is 0 Å². The molecule has 0 spiro atoms. The average Bonchev–Trinajstić information content (AvgIpc) is 3.17. The number of hydrogen-bond donors (Lipinski definition) is 3. The van der Waals surface area contributed by atoms with Crippen LogP contribution in [0.4, 0.5) is 11.5 Å². The van der Waals surface area contributed by atoms with Crippen LogP contribution < -0.4 is 5.32 Å². The molecule has 0 amide bonds. The maximum absolute atomic E-state index is 9.38. The zero-order valence-corrected chi connectivity index (χ0v) is 17.6. The highest BCUT2D eigenvalue weighted by atomic mass is 35.5. The summed E-state index contributed by atoms with van der Waals surface area (Å²) >= 11 is 8.08. The first kappa shape index (κ1) is 20.5. The molecule has 0 bridgehead atoms. The quantitative estimate of drug-likeness (QED) is 0.350. The van der Waals surface area contributed by atoms with E-state index in [1.165, 1.54) is 11.5 Å². The van der Waals surface area contributed by atoms with Crippen molar-refractivity contribution in [2.24, 2.45) is 4.99 Å². The van der Waals surface area contributed by atoms with Crippen LogP contribution in [0.25, 0.3) is 21.2 Å². The van der Waals surface area contributed by atoms with Crippen molar-refractivity contribution < 1.29 is 10.2 Å². The Hall–Kier alpha value is -2.77. The van der Waals surface area contributed by atoms with E-state index >= 15 is 0 Å². The summed E-state index contributed by atoms with van der Waals surface area (Å²) < 4.78 is 5.56. The number of aliphatic imine (C=N–C) groups is 1. The predicted molar refractivity (Wildman–Crippen MR) is 125 cm³/mol. The fraction of sp³-hybridized carbons (Fsp3) is 0.130. The van der Waals surface area contributed by atoms with Gasteiger partial charge in [-0.15, -0.1) is 0 Å². The smallest absolute Gasteiger partial charge is 0.152 e. The molecule has 3 aromatic carbocycles. The van der Waals surface area contributed by atoms with E-state index in [0.717, 1.165) is 38.3 Å². The second kappa shape index (κ2) is 9.36. The van der Waals surface area contributed by atoms with Crippen LogP contribution in [0, 0.1) is 0 Å². The molecule has 0 radical (unpaired) electrons. The third-order valence-corrected chi connectivity index (χ3v) is 5.82. The van der Waals surface area contributed by atoms with Gasteiger partial charge in [0.15, 0.2) is 5.82 Å². The van der Waals surface area contributed by atoms with Crippen LogP contribution in [0.15, 0.2) is 71.7 Å². The molecule has 1 heterocycles. The molecule has 152 valence electrons. The van der Waals surface area contributed by atoms with Crippen molar-refractivity contribution in [1.82, 2.24) is 4.37 Å². The lowest BCUT2D eigenvalue weighted by atomic mass is 10.0. The van der Waals surface area contributed by atoms with Crippen LogP contribution in [0.3, 0.4) is 0 Å². The van der Waals surface area contributed by atoms with Gasteiger partial charge >= 0.3 is 0 Å². The maximum Gasteiger partial charge on any atom is 0.152 e. The highest BCUT2D eigenvalue weighted by Gasteiger charge is 2.12. The Balaban J connectivity index is 1.58. The molecule has 0 aliphatic carbocycles. The molecule has 5 nitrogen and oxygen atoms in total. The molecule has 1 atom stereocenters. The molecule has 0 fully saturated rings. The summed E-state index contributed by atoms with van der Waals surface area (Å²) in [6.45, 7) is -0.130. The van der Waals surface area contributed by atoms with Gasteiger partial charge in [0.2, 0.25) is 0 Å². The van der Waals surface area contributed by atoms with Gasteiger partial charge in [0, 0.05) is 17.2 Å². The Morgan fingerprint density at radius 3 is 2.73 bits per heavy atom. The summed E-state index contributed by atoms with van der Waals surface area (Å²) in [6.07, 6.45) is 0.853. The molecule has 0 saturated heterocycles. The van der Waals surface area contributed by atoms with E-state index in [0.29, 0.717) is 5.02 Å². The molecule has 0 aliphatic rings. The number of anilines is 2. The Morgan fingerprint density at radius 1 is 1.10 bits per heavy atom. The van der Waals surface area contributed by atoms with E-state index in [1.54, 1.807) is 6.21 Å². The number of halogens is 1. The number of aliphatic hydroxyl groups is 2. The summed E-state index contributed by atoms with van der Waals surface area (Å²) in [5, 5.41) is 23.2. The molecule has 7 heteroatoms. The third kappa shape index (κ3) is 4.52. The zero-order valence-electron chi connectivity index (χ0n) is 16.0. The van der Waals surface area contributed by atoms with E-state index in [-0.39, 0.29) is 13.2 Å². The second-order valence-electron chi connectivity index (χ2n) is 6.78. The Kier molecular flexibility index (Phi) is 6.40. The fourth-order valence-electron chi connectivity index (χ4n) is 3.06. The van der Waals surface area contributed by atoms with Gasteiger partial charge in [-0.2, -0.15) is 4.37 Å². The number of nitrogens with zero attached hydrogens (tertiary/aromatic N) is 2. The van der Waals surface area contributed by atoms with Crippen molar-refractivity contribution in [3.05, 3.63) is 77.3 Å². The lowest BCUT2D eigenvalue weighted by Gasteiger charge is -2.11. The Bertz CT molecular complexity index is 1180. The Labute approximate surface area is 183 Å². The molecule has 4 rings (SSSR count). The number of nitrogens with one attached hydrogen (secondary N) is 1. The molecular weight excluding hydrogens is 418 g/mol. The van der Waals surface area contributed by atoms with Crippen molar-refractivity contribution in [2.75, 3.05) is 18.5 Å². The number of rotatable bonds is 7. The number of benzene rings is 3. The van der Waals surface area contributed by atoms with Crippen molar-refractivity contribution in [3.63, 3.8) is 0 Å².